The predicted molar refractivity (Wildman–Crippen MR) is 70.5 cm³/mol. The van der Waals surface area contributed by atoms with Crippen molar-refractivity contribution in [2.75, 3.05) is 0 Å². The lowest BCUT2D eigenvalue weighted by atomic mass is 10.2. The van der Waals surface area contributed by atoms with E-state index in [2.05, 4.69) is 4.98 Å². The minimum absolute atomic E-state index is 0.332. The lowest BCUT2D eigenvalue weighted by Gasteiger charge is -2.05. The Hall–Kier alpha value is -1.58. The Labute approximate surface area is 114 Å². The minimum atomic E-state index is -0.543. The summed E-state index contributed by atoms with van der Waals surface area (Å²) in [4.78, 5) is 14.9. The van der Waals surface area contributed by atoms with Crippen LogP contribution < -0.4 is 4.74 Å². The molecule has 0 spiro atoms. The molecule has 1 aromatic carbocycles. The van der Waals surface area contributed by atoms with Gasteiger partial charge in [0.05, 0.1) is 5.56 Å². The molecule has 18 heavy (non-hydrogen) atoms. The molecule has 0 unspecified atom stereocenters. The van der Waals surface area contributed by atoms with E-state index in [-0.39, 0.29) is 0 Å². The molecule has 2 rings (SSSR count). The summed E-state index contributed by atoms with van der Waals surface area (Å²) >= 11 is 11.1. The SMILES string of the molecule is O=C(Cl)c1ccc(Oc2cccc(CCl)c2)nc1. The van der Waals surface area contributed by atoms with Crippen LogP contribution in [0.3, 0.4) is 0 Å². The molecule has 1 aromatic heterocycles. The van der Waals surface area contributed by atoms with Crippen molar-refractivity contribution in [2.24, 2.45) is 0 Å². The van der Waals surface area contributed by atoms with E-state index in [1.165, 1.54) is 6.20 Å². The second kappa shape index (κ2) is 5.85. The molecule has 2 aromatic rings. The van der Waals surface area contributed by atoms with Crippen LogP contribution in [0, 0.1) is 0 Å². The van der Waals surface area contributed by atoms with Gasteiger partial charge in [-0.3, -0.25) is 4.79 Å². The molecule has 0 bridgehead atoms. The van der Waals surface area contributed by atoms with E-state index in [1.807, 2.05) is 18.2 Å². The van der Waals surface area contributed by atoms with Gasteiger partial charge in [-0.15, -0.1) is 11.6 Å². The Balaban J connectivity index is 2.15. The molecule has 0 fully saturated rings. The first-order valence-electron chi connectivity index (χ1n) is 5.17. The molecule has 0 radical (unpaired) electrons. The van der Waals surface area contributed by atoms with Gasteiger partial charge in [0.15, 0.2) is 0 Å². The van der Waals surface area contributed by atoms with Gasteiger partial charge in [0.25, 0.3) is 5.24 Å². The molecule has 0 aliphatic rings. The molecule has 0 saturated heterocycles. The number of aromatic nitrogens is 1. The minimum Gasteiger partial charge on any atom is -0.439 e. The normalized spacial score (nSPS) is 10.1. The maximum atomic E-state index is 10.9. The molecule has 0 aliphatic carbocycles. The third kappa shape index (κ3) is 3.22. The molecule has 0 amide bonds. The van der Waals surface area contributed by atoms with Gasteiger partial charge in [-0.25, -0.2) is 4.98 Å². The van der Waals surface area contributed by atoms with Crippen LogP contribution in [0.2, 0.25) is 0 Å². The average molecular weight is 282 g/mol. The molecular formula is C13H9Cl2NO2. The van der Waals surface area contributed by atoms with Gasteiger partial charge < -0.3 is 4.74 Å². The molecule has 1 heterocycles. The van der Waals surface area contributed by atoms with Gasteiger partial charge in [0, 0.05) is 18.1 Å². The fraction of sp³-hybridized carbons (Fsp3) is 0.0769. The summed E-state index contributed by atoms with van der Waals surface area (Å²) in [5.74, 6) is 1.46. The van der Waals surface area contributed by atoms with E-state index in [9.17, 15) is 4.79 Å². The number of pyridine rings is 1. The van der Waals surface area contributed by atoms with Crippen molar-refractivity contribution in [3.63, 3.8) is 0 Å². The first kappa shape index (κ1) is 12.9. The van der Waals surface area contributed by atoms with Crippen LogP contribution in [0.25, 0.3) is 0 Å². The molecule has 0 saturated carbocycles. The highest BCUT2D eigenvalue weighted by Gasteiger charge is 2.04. The van der Waals surface area contributed by atoms with E-state index in [1.54, 1.807) is 18.2 Å². The third-order valence-electron chi connectivity index (χ3n) is 2.24. The number of ether oxygens (including phenoxy) is 1. The van der Waals surface area contributed by atoms with Crippen molar-refractivity contribution in [1.82, 2.24) is 4.98 Å². The lowest BCUT2D eigenvalue weighted by Crippen LogP contribution is -1.93. The quantitative estimate of drug-likeness (QED) is 0.628. The molecule has 0 N–H and O–H groups in total. The number of carbonyl (C=O) groups excluding carboxylic acids is 1. The van der Waals surface area contributed by atoms with Crippen LogP contribution in [0.15, 0.2) is 42.6 Å². The Morgan fingerprint density at radius 3 is 2.72 bits per heavy atom. The van der Waals surface area contributed by atoms with Gasteiger partial charge >= 0.3 is 0 Å². The van der Waals surface area contributed by atoms with Gasteiger partial charge in [-0.2, -0.15) is 0 Å². The highest BCUT2D eigenvalue weighted by molar-refractivity contribution is 6.67. The summed E-state index contributed by atoms with van der Waals surface area (Å²) in [6.45, 7) is 0. The third-order valence-corrected chi connectivity index (χ3v) is 2.77. The number of nitrogens with zero attached hydrogens (tertiary/aromatic N) is 1. The Morgan fingerprint density at radius 1 is 1.28 bits per heavy atom. The zero-order chi connectivity index (χ0) is 13.0. The van der Waals surface area contributed by atoms with Crippen molar-refractivity contribution < 1.29 is 9.53 Å². The van der Waals surface area contributed by atoms with E-state index in [0.29, 0.717) is 23.1 Å². The van der Waals surface area contributed by atoms with Crippen molar-refractivity contribution >= 4 is 28.4 Å². The molecular weight excluding hydrogens is 273 g/mol. The average Bonchev–Trinajstić information content (AvgIpc) is 2.39. The highest BCUT2D eigenvalue weighted by Crippen LogP contribution is 2.21. The Morgan fingerprint density at radius 2 is 2.11 bits per heavy atom. The first-order chi connectivity index (χ1) is 8.69. The zero-order valence-electron chi connectivity index (χ0n) is 9.27. The Bertz CT molecular complexity index is 555. The lowest BCUT2D eigenvalue weighted by molar-refractivity contribution is 0.108. The summed E-state index contributed by atoms with van der Waals surface area (Å²) in [6.07, 6.45) is 1.37. The van der Waals surface area contributed by atoms with Gasteiger partial charge in [0.1, 0.15) is 5.75 Å². The highest BCUT2D eigenvalue weighted by atomic mass is 35.5. The fourth-order valence-electron chi connectivity index (χ4n) is 1.37. The van der Waals surface area contributed by atoms with Crippen molar-refractivity contribution in [3.8, 4) is 11.6 Å². The van der Waals surface area contributed by atoms with Crippen LogP contribution >= 0.6 is 23.2 Å². The summed E-state index contributed by atoms with van der Waals surface area (Å²) < 4.78 is 5.53. The maximum absolute atomic E-state index is 10.9. The van der Waals surface area contributed by atoms with Crippen LogP contribution in [-0.2, 0) is 5.88 Å². The molecule has 5 heteroatoms. The monoisotopic (exact) mass is 281 g/mol. The molecule has 0 aliphatic heterocycles. The standard InChI is InChI=1S/C13H9Cl2NO2/c14-7-9-2-1-3-11(6-9)18-12-5-4-10(8-16-12)13(15)17/h1-6,8H,7H2. The Kier molecular flexibility index (Phi) is 4.18. The van der Waals surface area contributed by atoms with Gasteiger partial charge in [0.2, 0.25) is 5.88 Å². The van der Waals surface area contributed by atoms with E-state index in [0.717, 1.165) is 5.56 Å². The zero-order valence-corrected chi connectivity index (χ0v) is 10.8. The van der Waals surface area contributed by atoms with Gasteiger partial charge in [-0.05, 0) is 35.4 Å². The predicted octanol–water partition coefficient (Wildman–Crippen LogP) is 3.99. The fourth-order valence-corrected chi connectivity index (χ4v) is 1.65. The summed E-state index contributed by atoms with van der Waals surface area (Å²) in [6, 6.07) is 10.5. The van der Waals surface area contributed by atoms with E-state index < -0.39 is 5.24 Å². The molecule has 0 atom stereocenters. The number of alkyl halides is 1. The van der Waals surface area contributed by atoms with Crippen LogP contribution in [-0.4, -0.2) is 10.2 Å². The van der Waals surface area contributed by atoms with Crippen LogP contribution in [0.4, 0.5) is 0 Å². The van der Waals surface area contributed by atoms with Crippen LogP contribution in [0.5, 0.6) is 11.6 Å². The van der Waals surface area contributed by atoms with Crippen molar-refractivity contribution in [1.29, 1.82) is 0 Å². The van der Waals surface area contributed by atoms with Crippen molar-refractivity contribution in [3.05, 3.63) is 53.7 Å². The largest absolute Gasteiger partial charge is 0.439 e. The maximum Gasteiger partial charge on any atom is 0.253 e. The van der Waals surface area contributed by atoms with E-state index >= 15 is 0 Å². The number of carbonyl (C=O) groups is 1. The first-order valence-corrected chi connectivity index (χ1v) is 6.09. The molecule has 92 valence electrons. The smallest absolute Gasteiger partial charge is 0.253 e. The number of benzene rings is 1. The summed E-state index contributed by atoms with van der Waals surface area (Å²) in [7, 11) is 0. The second-order valence-corrected chi connectivity index (χ2v) is 4.15. The van der Waals surface area contributed by atoms with E-state index in [4.69, 9.17) is 27.9 Å². The van der Waals surface area contributed by atoms with Crippen LogP contribution in [0.1, 0.15) is 15.9 Å². The van der Waals surface area contributed by atoms with Gasteiger partial charge in [-0.1, -0.05) is 12.1 Å². The number of halogens is 2. The number of hydrogen-bond donors (Lipinski definition) is 0. The topological polar surface area (TPSA) is 39.2 Å². The number of rotatable bonds is 4. The summed E-state index contributed by atoms with van der Waals surface area (Å²) in [5, 5.41) is -0.543. The van der Waals surface area contributed by atoms with Crippen molar-refractivity contribution in [2.45, 2.75) is 5.88 Å². The second-order valence-electron chi connectivity index (χ2n) is 3.54. The molecule has 3 nitrogen and oxygen atoms in total. The number of hydrogen-bond acceptors (Lipinski definition) is 3. The summed E-state index contributed by atoms with van der Waals surface area (Å²) in [5.41, 5.74) is 1.29.